The molecule has 2 aromatic rings. The molecule has 3 aliphatic heterocycles. The molecule has 0 spiro atoms. The molecule has 0 aromatic carbocycles. The molecular weight excluding hydrogens is 346 g/mol. The average Bonchev–Trinajstić information content (AvgIpc) is 3.23. The van der Waals surface area contributed by atoms with Gasteiger partial charge in [0.25, 0.3) is 5.91 Å². The number of fused-ring (bicyclic) bond motifs is 3. The maximum atomic E-state index is 12.6. The molecule has 5 heterocycles. The van der Waals surface area contributed by atoms with Crippen LogP contribution in [0, 0.1) is 5.92 Å². The first kappa shape index (κ1) is 15.6. The van der Waals surface area contributed by atoms with E-state index in [0.717, 1.165) is 13.3 Å². The summed E-state index contributed by atoms with van der Waals surface area (Å²) in [6.45, 7) is 4.62. The Balaban J connectivity index is 1.42. The van der Waals surface area contributed by atoms with E-state index in [0.29, 0.717) is 18.0 Å². The molecule has 23 heavy (non-hydrogen) atoms. The van der Waals surface area contributed by atoms with Gasteiger partial charge in [-0.2, -0.15) is 0 Å². The molecule has 2 aromatic heterocycles. The van der Waals surface area contributed by atoms with Crippen LogP contribution in [0.5, 0.6) is 0 Å². The van der Waals surface area contributed by atoms with Gasteiger partial charge in [-0.05, 0) is 50.9 Å². The number of thiazole rings is 1. The van der Waals surface area contributed by atoms with E-state index in [4.69, 9.17) is 0 Å². The van der Waals surface area contributed by atoms with Gasteiger partial charge in [0, 0.05) is 12.1 Å². The van der Waals surface area contributed by atoms with Crippen molar-refractivity contribution in [2.45, 2.75) is 40.3 Å². The van der Waals surface area contributed by atoms with Crippen LogP contribution in [0.4, 0.5) is 0 Å². The molecule has 0 aliphatic carbocycles. The topological polar surface area (TPSA) is 45.2 Å². The van der Waals surface area contributed by atoms with Crippen molar-refractivity contribution in [3.8, 4) is 0 Å². The molecule has 0 radical (unpaired) electrons. The van der Waals surface area contributed by atoms with Gasteiger partial charge in [0.15, 0.2) is 0 Å². The molecule has 0 saturated carbocycles. The largest absolute Gasteiger partial charge is 0.347 e. The number of hydrogen-bond acceptors (Lipinski definition) is 6. The van der Waals surface area contributed by atoms with Crippen LogP contribution in [0.1, 0.15) is 29.4 Å². The van der Waals surface area contributed by atoms with Crippen molar-refractivity contribution < 1.29 is 4.79 Å². The van der Waals surface area contributed by atoms with Crippen molar-refractivity contribution in [3.05, 3.63) is 28.7 Å². The molecule has 122 valence electrons. The SMILES string of the molecule is CC1C(NC(=O)c2ccc(Sc3cncs3)s2)C2CCN1CC2. The summed E-state index contributed by atoms with van der Waals surface area (Å²) in [5.74, 6) is 0.724. The van der Waals surface area contributed by atoms with Gasteiger partial charge in [0.1, 0.15) is 0 Å². The number of aromatic nitrogens is 1. The Bertz CT molecular complexity index is 675. The molecule has 4 nitrogen and oxygen atoms in total. The summed E-state index contributed by atoms with van der Waals surface area (Å²) >= 11 is 4.87. The summed E-state index contributed by atoms with van der Waals surface area (Å²) in [7, 11) is 0. The normalized spacial score (nSPS) is 29.6. The van der Waals surface area contributed by atoms with Crippen LogP contribution in [0.3, 0.4) is 0 Å². The van der Waals surface area contributed by atoms with Gasteiger partial charge in [-0.15, -0.1) is 22.7 Å². The number of nitrogens with zero attached hydrogens (tertiary/aromatic N) is 2. The highest BCUT2D eigenvalue weighted by Crippen LogP contribution is 2.36. The van der Waals surface area contributed by atoms with Gasteiger partial charge in [0.05, 0.1) is 25.0 Å². The molecule has 3 fully saturated rings. The fourth-order valence-electron chi connectivity index (χ4n) is 3.62. The molecule has 5 rings (SSSR count). The second kappa shape index (κ2) is 6.55. The van der Waals surface area contributed by atoms with Crippen molar-refractivity contribution >= 4 is 40.3 Å². The third-order valence-corrected chi connectivity index (χ3v) is 8.02. The number of thiophene rings is 1. The Labute approximate surface area is 148 Å². The van der Waals surface area contributed by atoms with E-state index >= 15 is 0 Å². The highest BCUT2D eigenvalue weighted by Gasteiger charge is 2.40. The van der Waals surface area contributed by atoms with Crippen molar-refractivity contribution in [1.29, 1.82) is 0 Å². The maximum absolute atomic E-state index is 12.6. The van der Waals surface area contributed by atoms with Crippen LogP contribution in [0.15, 0.2) is 32.3 Å². The number of amides is 1. The average molecular weight is 366 g/mol. The van der Waals surface area contributed by atoms with Crippen LogP contribution in [-0.4, -0.2) is 41.0 Å². The fourth-order valence-corrected chi connectivity index (χ4v) is 6.51. The molecule has 1 N–H and O–H groups in total. The van der Waals surface area contributed by atoms with Gasteiger partial charge in [0.2, 0.25) is 0 Å². The van der Waals surface area contributed by atoms with Crippen molar-refractivity contribution in [2.24, 2.45) is 5.92 Å². The maximum Gasteiger partial charge on any atom is 0.261 e. The molecular formula is C16H19N3OS3. The summed E-state index contributed by atoms with van der Waals surface area (Å²) in [5, 5.41) is 3.30. The highest BCUT2D eigenvalue weighted by atomic mass is 32.2. The number of hydrogen-bond donors (Lipinski definition) is 1. The number of carbonyl (C=O) groups is 1. The first-order valence-electron chi connectivity index (χ1n) is 7.92. The minimum atomic E-state index is 0.0803. The molecule has 2 bridgehead atoms. The summed E-state index contributed by atoms with van der Waals surface area (Å²) in [6, 6.07) is 4.72. The van der Waals surface area contributed by atoms with Gasteiger partial charge in [-0.25, -0.2) is 0 Å². The lowest BCUT2D eigenvalue weighted by Crippen LogP contribution is -2.62. The molecule has 1 amide bonds. The lowest BCUT2D eigenvalue weighted by molar-refractivity contribution is 0.0218. The van der Waals surface area contributed by atoms with Gasteiger partial charge >= 0.3 is 0 Å². The predicted octanol–water partition coefficient (Wildman–Crippen LogP) is 3.57. The van der Waals surface area contributed by atoms with Gasteiger partial charge < -0.3 is 5.32 Å². The van der Waals surface area contributed by atoms with E-state index in [2.05, 4.69) is 22.1 Å². The third kappa shape index (κ3) is 3.20. The zero-order valence-corrected chi connectivity index (χ0v) is 15.3. The quantitative estimate of drug-likeness (QED) is 0.900. The lowest BCUT2D eigenvalue weighted by Gasteiger charge is -2.49. The summed E-state index contributed by atoms with van der Waals surface area (Å²) in [6.07, 6.45) is 4.29. The Kier molecular flexibility index (Phi) is 4.45. The van der Waals surface area contributed by atoms with E-state index in [1.165, 1.54) is 25.9 Å². The summed E-state index contributed by atoms with van der Waals surface area (Å²) in [5.41, 5.74) is 1.83. The van der Waals surface area contributed by atoms with E-state index in [9.17, 15) is 4.79 Å². The van der Waals surface area contributed by atoms with Crippen molar-refractivity contribution in [2.75, 3.05) is 13.1 Å². The fraction of sp³-hybridized carbons (Fsp3) is 0.500. The minimum Gasteiger partial charge on any atom is -0.347 e. The number of carbonyl (C=O) groups excluding carboxylic acids is 1. The van der Waals surface area contributed by atoms with E-state index in [1.807, 2.05) is 23.8 Å². The number of nitrogens with one attached hydrogen (secondary N) is 1. The van der Waals surface area contributed by atoms with Crippen LogP contribution in [0.25, 0.3) is 0 Å². The van der Waals surface area contributed by atoms with Crippen LogP contribution in [-0.2, 0) is 0 Å². The Morgan fingerprint density at radius 1 is 1.35 bits per heavy atom. The first-order valence-corrected chi connectivity index (χ1v) is 10.4. The van der Waals surface area contributed by atoms with E-state index in [-0.39, 0.29) is 5.91 Å². The molecule has 2 unspecified atom stereocenters. The molecule has 3 aliphatic rings. The second-order valence-corrected chi connectivity index (χ2v) is 9.73. The van der Waals surface area contributed by atoms with Crippen LogP contribution >= 0.6 is 34.4 Å². The smallest absolute Gasteiger partial charge is 0.261 e. The minimum absolute atomic E-state index is 0.0803. The Hall–Kier alpha value is -0.890. The lowest BCUT2D eigenvalue weighted by atomic mass is 9.79. The van der Waals surface area contributed by atoms with Crippen molar-refractivity contribution in [1.82, 2.24) is 15.2 Å². The molecule has 2 atom stereocenters. The van der Waals surface area contributed by atoms with Crippen molar-refractivity contribution in [3.63, 3.8) is 0 Å². The van der Waals surface area contributed by atoms with E-state index in [1.54, 1.807) is 34.4 Å². The standard InChI is InChI=1S/C16H19N3OS3/c1-10-15(11-4-6-19(10)7-5-11)18-16(20)12-2-3-13(22-12)23-14-8-17-9-21-14/h2-3,8-11,15H,4-7H2,1H3,(H,18,20). The molecule has 7 heteroatoms. The highest BCUT2D eigenvalue weighted by molar-refractivity contribution is 8.02. The first-order chi connectivity index (χ1) is 11.2. The van der Waals surface area contributed by atoms with Gasteiger partial charge in [-0.1, -0.05) is 11.8 Å². The third-order valence-electron chi connectivity index (χ3n) is 4.89. The monoisotopic (exact) mass is 365 g/mol. The number of piperidine rings is 3. The zero-order chi connectivity index (χ0) is 15.8. The zero-order valence-electron chi connectivity index (χ0n) is 12.9. The Morgan fingerprint density at radius 3 is 2.87 bits per heavy atom. The second-order valence-electron chi connectivity index (χ2n) is 6.15. The number of rotatable bonds is 4. The van der Waals surface area contributed by atoms with Crippen LogP contribution < -0.4 is 5.32 Å². The summed E-state index contributed by atoms with van der Waals surface area (Å²) in [4.78, 5) is 20.0. The van der Waals surface area contributed by atoms with Gasteiger partial charge in [-0.3, -0.25) is 14.7 Å². The Morgan fingerprint density at radius 2 is 2.17 bits per heavy atom. The van der Waals surface area contributed by atoms with Crippen LogP contribution in [0.2, 0.25) is 0 Å². The molecule has 3 saturated heterocycles. The predicted molar refractivity (Wildman–Crippen MR) is 95.6 cm³/mol. The van der Waals surface area contributed by atoms with E-state index < -0.39 is 0 Å². The summed E-state index contributed by atoms with van der Waals surface area (Å²) < 4.78 is 2.30.